The minimum Gasteiger partial charge on any atom is -0.482 e. The van der Waals surface area contributed by atoms with Crippen LogP contribution in [0.3, 0.4) is 0 Å². The number of nitrogens with zero attached hydrogens (tertiary/aromatic N) is 1. The molecule has 1 N–H and O–H groups in total. The maximum Gasteiger partial charge on any atom is 0.344 e. The van der Waals surface area contributed by atoms with Crippen molar-refractivity contribution in [2.45, 2.75) is 0 Å². The lowest BCUT2D eigenvalue weighted by molar-refractivity contribution is -0.145. The van der Waals surface area contributed by atoms with E-state index in [1.165, 1.54) is 6.20 Å². The van der Waals surface area contributed by atoms with E-state index in [-0.39, 0.29) is 38.1 Å². The van der Waals surface area contributed by atoms with Gasteiger partial charge in [-0.2, -0.15) is 0 Å². The highest BCUT2D eigenvalue weighted by molar-refractivity contribution is 6.30. The molecule has 0 saturated carbocycles. The molecule has 0 saturated heterocycles. The van der Waals surface area contributed by atoms with Gasteiger partial charge in [-0.05, 0) is 36.4 Å². The molecule has 0 unspecified atom stereocenters. The second kappa shape index (κ2) is 10.5. The first kappa shape index (κ1) is 19.7. The normalized spacial score (nSPS) is 9.54. The number of benzene rings is 1. The molecule has 0 fully saturated rings. The number of carbonyl (C=O) groups is 2. The van der Waals surface area contributed by atoms with Crippen LogP contribution in [0.1, 0.15) is 10.4 Å². The number of amides is 1. The Labute approximate surface area is 150 Å². The molecule has 24 heavy (non-hydrogen) atoms. The van der Waals surface area contributed by atoms with Crippen LogP contribution in [0.15, 0.2) is 48.8 Å². The summed E-state index contributed by atoms with van der Waals surface area (Å²) in [6, 6.07) is 9.96. The number of ether oxygens (including phenoxy) is 2. The van der Waals surface area contributed by atoms with Gasteiger partial charge in [-0.3, -0.25) is 9.78 Å². The van der Waals surface area contributed by atoms with E-state index in [1.807, 2.05) is 0 Å². The molecular weight excluding hydrogens is 355 g/mol. The Kier molecular flexibility index (Phi) is 8.60. The number of esters is 1. The maximum absolute atomic E-state index is 11.7. The Morgan fingerprint density at radius 3 is 2.58 bits per heavy atom. The second-order valence-corrected chi connectivity index (χ2v) is 4.90. The molecule has 1 aromatic heterocycles. The smallest absolute Gasteiger partial charge is 0.344 e. The van der Waals surface area contributed by atoms with Crippen LogP contribution < -0.4 is 10.1 Å². The molecule has 0 bridgehead atoms. The van der Waals surface area contributed by atoms with Gasteiger partial charge < -0.3 is 14.8 Å². The fourth-order valence-electron chi connectivity index (χ4n) is 1.64. The van der Waals surface area contributed by atoms with Gasteiger partial charge in [-0.15, -0.1) is 12.4 Å². The van der Waals surface area contributed by atoms with E-state index >= 15 is 0 Å². The number of nitrogens with one attached hydrogen (secondary N) is 1. The van der Waals surface area contributed by atoms with Gasteiger partial charge in [0.2, 0.25) is 0 Å². The minimum absolute atomic E-state index is 0. The van der Waals surface area contributed by atoms with Crippen molar-refractivity contribution in [2.75, 3.05) is 19.8 Å². The Morgan fingerprint density at radius 1 is 1.17 bits per heavy atom. The fourth-order valence-corrected chi connectivity index (χ4v) is 1.77. The van der Waals surface area contributed by atoms with Gasteiger partial charge >= 0.3 is 5.97 Å². The average Bonchev–Trinajstić information content (AvgIpc) is 2.59. The highest BCUT2D eigenvalue weighted by atomic mass is 35.5. The summed E-state index contributed by atoms with van der Waals surface area (Å²) in [6.07, 6.45) is 3.04. The summed E-state index contributed by atoms with van der Waals surface area (Å²) in [5, 5.41) is 3.21. The van der Waals surface area contributed by atoms with Crippen molar-refractivity contribution in [3.05, 3.63) is 59.4 Å². The van der Waals surface area contributed by atoms with Crippen LogP contribution >= 0.6 is 24.0 Å². The summed E-state index contributed by atoms with van der Waals surface area (Å²) in [5.41, 5.74) is 0.449. The standard InChI is InChI=1S/C16H15ClN2O4.ClH/c17-13-3-5-14(6-4-13)23-11-15(20)22-9-8-19-16(21)12-2-1-7-18-10-12;/h1-7,10H,8-9,11H2,(H,19,21);1H. The van der Waals surface area contributed by atoms with Crippen LogP contribution in [-0.4, -0.2) is 36.6 Å². The quantitative estimate of drug-likeness (QED) is 0.598. The monoisotopic (exact) mass is 370 g/mol. The van der Waals surface area contributed by atoms with Gasteiger partial charge in [0.05, 0.1) is 12.1 Å². The third kappa shape index (κ3) is 6.85. The minimum atomic E-state index is -0.518. The molecule has 128 valence electrons. The highest BCUT2D eigenvalue weighted by Gasteiger charge is 2.06. The Hall–Kier alpha value is -2.31. The van der Waals surface area contributed by atoms with Crippen LogP contribution in [0, 0.1) is 0 Å². The molecule has 8 heteroatoms. The molecule has 2 aromatic rings. The number of pyridine rings is 1. The summed E-state index contributed by atoms with van der Waals surface area (Å²) >= 11 is 5.74. The first-order valence-corrected chi connectivity index (χ1v) is 7.25. The van der Waals surface area contributed by atoms with Crippen molar-refractivity contribution >= 4 is 35.9 Å². The van der Waals surface area contributed by atoms with Gasteiger partial charge in [-0.1, -0.05) is 11.6 Å². The van der Waals surface area contributed by atoms with Crippen molar-refractivity contribution in [1.82, 2.24) is 10.3 Å². The number of halogens is 2. The zero-order valence-electron chi connectivity index (χ0n) is 12.6. The van der Waals surface area contributed by atoms with Crippen LogP contribution in [0.2, 0.25) is 5.02 Å². The molecule has 0 radical (unpaired) electrons. The molecule has 1 aromatic carbocycles. The molecule has 6 nitrogen and oxygen atoms in total. The van der Waals surface area contributed by atoms with Gasteiger partial charge in [0, 0.05) is 17.4 Å². The van der Waals surface area contributed by atoms with E-state index in [9.17, 15) is 9.59 Å². The second-order valence-electron chi connectivity index (χ2n) is 4.46. The van der Waals surface area contributed by atoms with E-state index in [2.05, 4.69) is 10.3 Å². The molecule has 0 atom stereocenters. The number of rotatable bonds is 7. The Morgan fingerprint density at radius 2 is 1.92 bits per heavy atom. The zero-order valence-corrected chi connectivity index (χ0v) is 14.2. The van der Waals surface area contributed by atoms with E-state index in [0.29, 0.717) is 16.3 Å². The first-order chi connectivity index (χ1) is 11.1. The highest BCUT2D eigenvalue weighted by Crippen LogP contribution is 2.15. The molecule has 0 aliphatic carbocycles. The van der Waals surface area contributed by atoms with Gasteiger partial charge in [0.15, 0.2) is 6.61 Å². The van der Waals surface area contributed by atoms with Crippen LogP contribution in [0.25, 0.3) is 0 Å². The molecule has 0 aliphatic heterocycles. The predicted molar refractivity (Wildman–Crippen MR) is 91.7 cm³/mol. The van der Waals surface area contributed by atoms with Gasteiger partial charge in [-0.25, -0.2) is 4.79 Å². The number of aromatic nitrogens is 1. The first-order valence-electron chi connectivity index (χ1n) is 6.87. The van der Waals surface area contributed by atoms with Crippen molar-refractivity contribution in [1.29, 1.82) is 0 Å². The maximum atomic E-state index is 11.7. The lowest BCUT2D eigenvalue weighted by Crippen LogP contribution is -2.28. The van der Waals surface area contributed by atoms with Crippen molar-refractivity contribution < 1.29 is 19.1 Å². The summed E-state index contributed by atoms with van der Waals surface area (Å²) in [4.78, 5) is 27.1. The van der Waals surface area contributed by atoms with Crippen LogP contribution in [-0.2, 0) is 9.53 Å². The topological polar surface area (TPSA) is 77.5 Å². The SMILES string of the molecule is Cl.O=C(COc1ccc(Cl)cc1)OCCNC(=O)c1cccnc1. The number of hydrogen-bond acceptors (Lipinski definition) is 5. The van der Waals surface area contributed by atoms with Crippen molar-refractivity contribution in [3.8, 4) is 5.75 Å². The molecule has 0 aliphatic rings. The van der Waals surface area contributed by atoms with E-state index < -0.39 is 5.97 Å². The van der Waals surface area contributed by atoms with Crippen molar-refractivity contribution in [2.24, 2.45) is 0 Å². The fraction of sp³-hybridized carbons (Fsp3) is 0.188. The molecule has 1 heterocycles. The van der Waals surface area contributed by atoms with E-state index in [0.717, 1.165) is 0 Å². The number of carbonyl (C=O) groups excluding carboxylic acids is 2. The lowest BCUT2D eigenvalue weighted by Gasteiger charge is -2.08. The third-order valence-electron chi connectivity index (χ3n) is 2.74. The molecular formula is C16H16Cl2N2O4. The van der Waals surface area contributed by atoms with Crippen LogP contribution in [0.5, 0.6) is 5.75 Å². The summed E-state index contributed by atoms with van der Waals surface area (Å²) < 4.78 is 10.2. The zero-order chi connectivity index (χ0) is 16.5. The van der Waals surface area contributed by atoms with Crippen molar-refractivity contribution in [3.63, 3.8) is 0 Å². The summed E-state index contributed by atoms with van der Waals surface area (Å²) in [7, 11) is 0. The largest absolute Gasteiger partial charge is 0.482 e. The summed E-state index contributed by atoms with van der Waals surface area (Å²) in [6.45, 7) is 0.0629. The average molecular weight is 371 g/mol. The van der Waals surface area contributed by atoms with E-state index in [1.54, 1.807) is 42.6 Å². The third-order valence-corrected chi connectivity index (χ3v) is 3.00. The van der Waals surface area contributed by atoms with E-state index in [4.69, 9.17) is 21.1 Å². The summed E-state index contributed by atoms with van der Waals surface area (Å²) in [5.74, 6) is -0.265. The van der Waals surface area contributed by atoms with Crippen LogP contribution in [0.4, 0.5) is 0 Å². The van der Waals surface area contributed by atoms with Gasteiger partial charge in [0.1, 0.15) is 12.4 Å². The van der Waals surface area contributed by atoms with Gasteiger partial charge in [0.25, 0.3) is 5.91 Å². The Balaban J connectivity index is 0.00000288. The molecule has 0 spiro atoms. The lowest BCUT2D eigenvalue weighted by atomic mass is 10.3. The molecule has 2 rings (SSSR count). The number of hydrogen-bond donors (Lipinski definition) is 1. The Bertz CT molecular complexity index is 651. The molecule has 1 amide bonds. The predicted octanol–water partition coefficient (Wildman–Crippen LogP) is 2.51.